The van der Waals surface area contributed by atoms with Crippen molar-refractivity contribution < 1.29 is 9.47 Å². The van der Waals surface area contributed by atoms with Crippen LogP contribution in [-0.2, 0) is 0 Å². The summed E-state index contributed by atoms with van der Waals surface area (Å²) in [6.07, 6.45) is 3.79. The average molecular weight is 272 g/mol. The van der Waals surface area contributed by atoms with Crippen molar-refractivity contribution in [3.05, 3.63) is 23.8 Å². The molecule has 0 aliphatic carbocycles. The fraction of sp³-hybridized carbons (Fsp3) is 0.571. The molecule has 0 aromatic heterocycles. The normalized spacial score (nSPS) is 18.9. The van der Waals surface area contributed by atoms with Crippen LogP contribution in [0.15, 0.2) is 18.2 Å². The van der Waals surface area contributed by atoms with Crippen LogP contribution in [0.25, 0.3) is 0 Å². The molecule has 1 aromatic rings. The van der Waals surface area contributed by atoms with Crippen molar-refractivity contribution in [3.63, 3.8) is 0 Å². The highest BCUT2D eigenvalue weighted by Crippen LogP contribution is 2.32. The second-order valence-electron chi connectivity index (χ2n) is 4.35. The molecule has 1 atom stereocenters. The van der Waals surface area contributed by atoms with Crippen molar-refractivity contribution >= 4 is 12.4 Å². The van der Waals surface area contributed by atoms with E-state index in [0.29, 0.717) is 12.6 Å². The summed E-state index contributed by atoms with van der Waals surface area (Å²) in [6, 6.07) is 6.70. The standard InChI is InChI=1S/C14H21NO2.ClH/c1-3-17-13-8-7-11(10-14(13)16-2)12-6-4-5-9-15-12;/h7-8,10,12,15H,3-6,9H2,1-2H3;1H/t12-;/m0./s1. The Hall–Kier alpha value is -0.930. The van der Waals surface area contributed by atoms with Gasteiger partial charge in [0.1, 0.15) is 0 Å². The van der Waals surface area contributed by atoms with E-state index in [1.165, 1.54) is 24.8 Å². The van der Waals surface area contributed by atoms with E-state index >= 15 is 0 Å². The van der Waals surface area contributed by atoms with Crippen molar-refractivity contribution in [1.29, 1.82) is 0 Å². The highest BCUT2D eigenvalue weighted by atomic mass is 35.5. The number of hydrogen-bond acceptors (Lipinski definition) is 3. The van der Waals surface area contributed by atoms with E-state index in [2.05, 4.69) is 17.4 Å². The van der Waals surface area contributed by atoms with Crippen LogP contribution >= 0.6 is 12.4 Å². The van der Waals surface area contributed by atoms with Crippen LogP contribution in [0.5, 0.6) is 11.5 Å². The van der Waals surface area contributed by atoms with Crippen molar-refractivity contribution in [2.45, 2.75) is 32.2 Å². The summed E-state index contributed by atoms with van der Waals surface area (Å²) in [6.45, 7) is 3.76. The molecule has 0 unspecified atom stereocenters. The summed E-state index contributed by atoms with van der Waals surface area (Å²) >= 11 is 0. The molecular formula is C14H22ClNO2. The molecule has 4 heteroatoms. The van der Waals surface area contributed by atoms with Crippen LogP contribution in [0.3, 0.4) is 0 Å². The quantitative estimate of drug-likeness (QED) is 0.911. The van der Waals surface area contributed by atoms with Gasteiger partial charge in [0.05, 0.1) is 13.7 Å². The Kier molecular flexibility index (Phi) is 6.30. The molecular weight excluding hydrogens is 250 g/mol. The number of benzene rings is 1. The van der Waals surface area contributed by atoms with Gasteiger partial charge in [-0.15, -0.1) is 12.4 Å². The van der Waals surface area contributed by atoms with Gasteiger partial charge in [-0.1, -0.05) is 12.5 Å². The maximum atomic E-state index is 5.52. The molecule has 1 aliphatic heterocycles. The van der Waals surface area contributed by atoms with Crippen molar-refractivity contribution in [3.8, 4) is 11.5 Å². The summed E-state index contributed by atoms with van der Waals surface area (Å²) in [7, 11) is 1.69. The minimum Gasteiger partial charge on any atom is -0.493 e. The molecule has 3 nitrogen and oxygen atoms in total. The molecule has 0 radical (unpaired) electrons. The van der Waals surface area contributed by atoms with Gasteiger partial charge in [-0.3, -0.25) is 0 Å². The average Bonchev–Trinajstić information content (AvgIpc) is 2.40. The Bertz CT molecular complexity index is 365. The summed E-state index contributed by atoms with van der Waals surface area (Å²) in [5.41, 5.74) is 1.30. The van der Waals surface area contributed by atoms with Crippen LogP contribution in [0, 0.1) is 0 Å². The van der Waals surface area contributed by atoms with Crippen LogP contribution in [0.1, 0.15) is 37.8 Å². The zero-order valence-corrected chi connectivity index (χ0v) is 11.9. The smallest absolute Gasteiger partial charge is 0.161 e. The third kappa shape index (κ3) is 3.53. The predicted octanol–water partition coefficient (Wildman–Crippen LogP) is 3.33. The largest absolute Gasteiger partial charge is 0.493 e. The van der Waals surface area contributed by atoms with Gasteiger partial charge < -0.3 is 14.8 Å². The molecule has 1 heterocycles. The number of halogens is 1. The molecule has 0 saturated carbocycles. The van der Waals surface area contributed by atoms with E-state index in [0.717, 1.165) is 18.0 Å². The van der Waals surface area contributed by atoms with E-state index in [4.69, 9.17) is 9.47 Å². The molecule has 18 heavy (non-hydrogen) atoms. The Morgan fingerprint density at radius 1 is 1.28 bits per heavy atom. The first-order chi connectivity index (χ1) is 8.35. The number of methoxy groups -OCH3 is 1. The number of ether oxygens (including phenoxy) is 2. The Morgan fingerprint density at radius 3 is 2.72 bits per heavy atom. The fourth-order valence-electron chi connectivity index (χ4n) is 2.31. The maximum absolute atomic E-state index is 5.52. The SMILES string of the molecule is CCOc1ccc([C@@H]2CCCCN2)cc1OC.Cl. The van der Waals surface area contributed by atoms with E-state index in [1.807, 2.05) is 13.0 Å². The fourth-order valence-corrected chi connectivity index (χ4v) is 2.31. The summed E-state index contributed by atoms with van der Waals surface area (Å²) in [4.78, 5) is 0. The van der Waals surface area contributed by atoms with Crippen molar-refractivity contribution in [1.82, 2.24) is 5.32 Å². The Balaban J connectivity index is 0.00000162. The topological polar surface area (TPSA) is 30.5 Å². The van der Waals surface area contributed by atoms with Gasteiger partial charge in [-0.25, -0.2) is 0 Å². The predicted molar refractivity (Wildman–Crippen MR) is 76.0 cm³/mol. The lowest BCUT2D eigenvalue weighted by atomic mass is 9.97. The molecule has 0 bridgehead atoms. The van der Waals surface area contributed by atoms with Gasteiger partial charge in [0.25, 0.3) is 0 Å². The zero-order chi connectivity index (χ0) is 12.1. The lowest BCUT2D eigenvalue weighted by molar-refractivity contribution is 0.310. The first-order valence-electron chi connectivity index (χ1n) is 6.39. The summed E-state index contributed by atoms with van der Waals surface area (Å²) in [5, 5.41) is 3.54. The molecule has 1 saturated heterocycles. The molecule has 1 aromatic carbocycles. The Labute approximate surface area is 115 Å². The number of rotatable bonds is 4. The first kappa shape index (κ1) is 15.1. The molecule has 1 N–H and O–H groups in total. The van der Waals surface area contributed by atoms with E-state index < -0.39 is 0 Å². The Morgan fingerprint density at radius 2 is 2.11 bits per heavy atom. The van der Waals surface area contributed by atoms with E-state index in [1.54, 1.807) is 7.11 Å². The number of hydrogen-bond donors (Lipinski definition) is 1. The van der Waals surface area contributed by atoms with Crippen LogP contribution in [0.4, 0.5) is 0 Å². The minimum absolute atomic E-state index is 0. The third-order valence-electron chi connectivity index (χ3n) is 3.20. The number of piperidine rings is 1. The van der Waals surface area contributed by atoms with E-state index in [9.17, 15) is 0 Å². The summed E-state index contributed by atoms with van der Waals surface area (Å²) in [5.74, 6) is 1.66. The molecule has 1 fully saturated rings. The molecule has 0 amide bonds. The highest BCUT2D eigenvalue weighted by Gasteiger charge is 2.16. The molecule has 102 valence electrons. The maximum Gasteiger partial charge on any atom is 0.161 e. The van der Waals surface area contributed by atoms with Crippen LogP contribution in [0.2, 0.25) is 0 Å². The zero-order valence-electron chi connectivity index (χ0n) is 11.1. The van der Waals surface area contributed by atoms with Gasteiger partial charge in [-0.2, -0.15) is 0 Å². The van der Waals surface area contributed by atoms with Crippen molar-refractivity contribution in [2.24, 2.45) is 0 Å². The summed E-state index contributed by atoms with van der Waals surface area (Å²) < 4.78 is 10.9. The van der Waals surface area contributed by atoms with Gasteiger partial charge in [0.2, 0.25) is 0 Å². The molecule has 1 aliphatic rings. The van der Waals surface area contributed by atoms with Gasteiger partial charge in [0.15, 0.2) is 11.5 Å². The minimum atomic E-state index is 0. The van der Waals surface area contributed by atoms with Gasteiger partial charge >= 0.3 is 0 Å². The lowest BCUT2D eigenvalue weighted by Gasteiger charge is -2.24. The second-order valence-corrected chi connectivity index (χ2v) is 4.35. The third-order valence-corrected chi connectivity index (χ3v) is 3.20. The van der Waals surface area contributed by atoms with Gasteiger partial charge in [0, 0.05) is 6.04 Å². The van der Waals surface area contributed by atoms with Crippen LogP contribution in [-0.4, -0.2) is 20.3 Å². The molecule has 2 rings (SSSR count). The highest BCUT2D eigenvalue weighted by molar-refractivity contribution is 5.85. The lowest BCUT2D eigenvalue weighted by Crippen LogP contribution is -2.26. The van der Waals surface area contributed by atoms with E-state index in [-0.39, 0.29) is 12.4 Å². The monoisotopic (exact) mass is 271 g/mol. The first-order valence-corrected chi connectivity index (χ1v) is 6.39. The van der Waals surface area contributed by atoms with Crippen LogP contribution < -0.4 is 14.8 Å². The second kappa shape index (κ2) is 7.49. The number of nitrogens with one attached hydrogen (secondary N) is 1. The molecule has 0 spiro atoms. The van der Waals surface area contributed by atoms with Crippen molar-refractivity contribution in [2.75, 3.05) is 20.3 Å². The van der Waals surface area contributed by atoms with Gasteiger partial charge in [-0.05, 0) is 44.0 Å².